The van der Waals surface area contributed by atoms with E-state index in [0.717, 1.165) is 78.6 Å². The minimum absolute atomic E-state index is 0.0439. The molecule has 0 saturated carbocycles. The molecule has 4 heterocycles. The summed E-state index contributed by atoms with van der Waals surface area (Å²) in [4.78, 5) is 30.6. The molecular weight excluding hydrogens is 504 g/mol. The van der Waals surface area contributed by atoms with Crippen molar-refractivity contribution in [2.75, 3.05) is 37.0 Å². The summed E-state index contributed by atoms with van der Waals surface area (Å²) in [5.74, 6) is 2.65. The molecule has 3 aliphatic rings. The van der Waals surface area contributed by atoms with Crippen LogP contribution in [0, 0.1) is 0 Å². The highest BCUT2D eigenvalue weighted by molar-refractivity contribution is 6.32. The van der Waals surface area contributed by atoms with Crippen molar-refractivity contribution in [3.05, 3.63) is 58.9 Å². The Hall–Kier alpha value is -3.85. The van der Waals surface area contributed by atoms with Crippen LogP contribution >= 0.6 is 11.6 Å². The summed E-state index contributed by atoms with van der Waals surface area (Å²) in [6.45, 7) is 4.23. The molecule has 0 unspecified atom stereocenters. The maximum absolute atomic E-state index is 13.0. The van der Waals surface area contributed by atoms with Gasteiger partial charge in [-0.3, -0.25) is 4.99 Å². The van der Waals surface area contributed by atoms with E-state index in [4.69, 9.17) is 21.1 Å². The number of hydrogen-bond acceptors (Lipinski definition) is 7. The van der Waals surface area contributed by atoms with Gasteiger partial charge in [0, 0.05) is 66.2 Å². The molecule has 3 aromatic rings. The number of carbonyl (C=O) groups excluding carboxylic acids is 1. The Balaban J connectivity index is 1.10. The van der Waals surface area contributed by atoms with Crippen LogP contribution in [0.3, 0.4) is 0 Å². The number of ether oxygens (including phenoxy) is 2. The zero-order valence-corrected chi connectivity index (χ0v) is 22.2. The van der Waals surface area contributed by atoms with Gasteiger partial charge in [0.1, 0.15) is 23.6 Å². The summed E-state index contributed by atoms with van der Waals surface area (Å²) in [7, 11) is 1.66. The number of aromatic nitrogens is 2. The van der Waals surface area contributed by atoms with E-state index >= 15 is 0 Å². The molecule has 2 amide bonds. The number of aliphatic imine (C=N–C) groups is 1. The average Bonchev–Trinajstić information content (AvgIpc) is 3.22. The fourth-order valence-electron chi connectivity index (χ4n) is 5.42. The Kier molecular flexibility index (Phi) is 6.53. The van der Waals surface area contributed by atoms with Gasteiger partial charge in [-0.15, -0.1) is 0 Å². The Morgan fingerprint density at radius 2 is 1.89 bits per heavy atom. The number of methoxy groups -OCH3 is 1. The lowest BCUT2D eigenvalue weighted by atomic mass is 10.0. The molecular formula is C28H29ClN6O3. The van der Waals surface area contributed by atoms with Crippen molar-refractivity contribution in [1.82, 2.24) is 14.9 Å². The largest absolute Gasteiger partial charge is 0.497 e. The maximum Gasteiger partial charge on any atom is 0.322 e. The van der Waals surface area contributed by atoms with Crippen molar-refractivity contribution >= 4 is 40.5 Å². The van der Waals surface area contributed by atoms with Gasteiger partial charge in [-0.1, -0.05) is 11.6 Å². The van der Waals surface area contributed by atoms with Gasteiger partial charge in [0.25, 0.3) is 0 Å². The Morgan fingerprint density at radius 3 is 2.71 bits per heavy atom. The summed E-state index contributed by atoms with van der Waals surface area (Å²) in [6.07, 6.45) is 4.77. The van der Waals surface area contributed by atoms with Gasteiger partial charge in [0.15, 0.2) is 0 Å². The van der Waals surface area contributed by atoms with Crippen LogP contribution in [0.2, 0.25) is 5.02 Å². The molecule has 0 atom stereocenters. The van der Waals surface area contributed by atoms with E-state index in [1.165, 1.54) is 6.33 Å². The number of piperidine rings is 1. The van der Waals surface area contributed by atoms with Gasteiger partial charge in [-0.25, -0.2) is 14.8 Å². The fourth-order valence-corrected chi connectivity index (χ4v) is 5.69. The van der Waals surface area contributed by atoms with E-state index in [1.54, 1.807) is 7.11 Å². The lowest BCUT2D eigenvalue weighted by Crippen LogP contribution is -2.49. The van der Waals surface area contributed by atoms with E-state index in [9.17, 15) is 4.79 Å². The second kappa shape index (κ2) is 10.1. The molecule has 0 radical (unpaired) electrons. The standard InChI is InChI=1S/C28H29ClN6O3/c1-17-11-22-23(29)13-21(14-25(22)32-17)38-27-15-26(30-16-31-27)34-8-6-19(7-9-34)35-10-5-18-12-20(37-2)3-4-24(18)33-28(35)36/h3-4,12-16,19H,5-11H2,1-2H3,(H,33,36). The molecule has 1 fully saturated rings. The normalized spacial score (nSPS) is 17.3. The second-order valence-corrected chi connectivity index (χ2v) is 10.3. The van der Waals surface area contributed by atoms with E-state index in [0.29, 0.717) is 23.2 Å². The Labute approximate surface area is 226 Å². The predicted molar refractivity (Wildman–Crippen MR) is 148 cm³/mol. The summed E-state index contributed by atoms with van der Waals surface area (Å²) in [5, 5.41) is 3.73. The molecule has 3 aliphatic heterocycles. The first-order valence-corrected chi connectivity index (χ1v) is 13.2. The van der Waals surface area contributed by atoms with Gasteiger partial charge in [-0.2, -0.15) is 0 Å². The first-order valence-electron chi connectivity index (χ1n) is 12.8. The fraction of sp³-hybridized carbons (Fsp3) is 0.357. The van der Waals surface area contributed by atoms with Crippen molar-refractivity contribution in [3.63, 3.8) is 0 Å². The van der Waals surface area contributed by atoms with Crippen LogP contribution in [0.5, 0.6) is 17.4 Å². The number of rotatable bonds is 5. The lowest BCUT2D eigenvalue weighted by molar-refractivity contribution is 0.177. The molecule has 2 aromatic carbocycles. The number of carbonyl (C=O) groups is 1. The molecule has 1 aromatic heterocycles. The number of nitrogens with one attached hydrogen (secondary N) is 1. The lowest BCUT2D eigenvalue weighted by Gasteiger charge is -2.38. The average molecular weight is 533 g/mol. The van der Waals surface area contributed by atoms with Gasteiger partial charge in [-0.05, 0) is 56.0 Å². The summed E-state index contributed by atoms with van der Waals surface area (Å²) >= 11 is 6.47. The highest BCUT2D eigenvalue weighted by atomic mass is 35.5. The summed E-state index contributed by atoms with van der Waals surface area (Å²) < 4.78 is 11.4. The molecule has 0 bridgehead atoms. The number of nitrogens with zero attached hydrogens (tertiary/aromatic N) is 5. The third-order valence-electron chi connectivity index (χ3n) is 7.41. The molecule has 38 heavy (non-hydrogen) atoms. The summed E-state index contributed by atoms with van der Waals surface area (Å²) in [5.41, 5.74) is 4.87. The van der Waals surface area contributed by atoms with Crippen molar-refractivity contribution in [2.45, 2.75) is 38.6 Å². The Bertz CT molecular complexity index is 1420. The second-order valence-electron chi connectivity index (χ2n) is 9.86. The number of halogens is 1. The zero-order chi connectivity index (χ0) is 26.2. The highest BCUT2D eigenvalue weighted by Crippen LogP contribution is 2.38. The van der Waals surface area contributed by atoms with Crippen LogP contribution in [0.1, 0.15) is 30.9 Å². The minimum Gasteiger partial charge on any atom is -0.497 e. The van der Waals surface area contributed by atoms with Crippen LogP contribution in [-0.4, -0.2) is 59.4 Å². The molecule has 196 valence electrons. The molecule has 0 spiro atoms. The van der Waals surface area contributed by atoms with Crippen molar-refractivity contribution in [3.8, 4) is 17.4 Å². The van der Waals surface area contributed by atoms with Crippen LogP contribution in [-0.2, 0) is 12.8 Å². The van der Waals surface area contributed by atoms with Gasteiger partial charge in [0.2, 0.25) is 5.88 Å². The topological polar surface area (TPSA) is 92.2 Å². The SMILES string of the molecule is COc1ccc2c(c1)CCN(C1CCN(c3cc(Oc4cc(Cl)c5c(c4)N=C(C)C5)ncn3)CC1)C(=O)N2. The van der Waals surface area contributed by atoms with Gasteiger partial charge in [0.05, 0.1) is 12.8 Å². The van der Waals surface area contributed by atoms with E-state index < -0.39 is 0 Å². The quantitative estimate of drug-likeness (QED) is 0.457. The molecule has 0 aliphatic carbocycles. The monoisotopic (exact) mass is 532 g/mol. The molecule has 10 heteroatoms. The van der Waals surface area contributed by atoms with Crippen molar-refractivity contribution in [2.24, 2.45) is 4.99 Å². The van der Waals surface area contributed by atoms with Crippen molar-refractivity contribution in [1.29, 1.82) is 0 Å². The van der Waals surface area contributed by atoms with Crippen LogP contribution < -0.4 is 19.7 Å². The van der Waals surface area contributed by atoms with Crippen molar-refractivity contribution < 1.29 is 14.3 Å². The maximum atomic E-state index is 13.0. The van der Waals surface area contributed by atoms with E-state index in [2.05, 4.69) is 25.2 Å². The van der Waals surface area contributed by atoms with Gasteiger partial charge < -0.3 is 24.6 Å². The molecule has 6 rings (SSSR count). The molecule has 9 nitrogen and oxygen atoms in total. The molecule has 1 N–H and O–H groups in total. The number of hydrogen-bond donors (Lipinski definition) is 1. The molecule has 1 saturated heterocycles. The zero-order valence-electron chi connectivity index (χ0n) is 21.4. The van der Waals surface area contributed by atoms with E-state index in [-0.39, 0.29) is 12.1 Å². The first-order chi connectivity index (χ1) is 18.5. The summed E-state index contributed by atoms with van der Waals surface area (Å²) in [6, 6.07) is 11.5. The van der Waals surface area contributed by atoms with Crippen LogP contribution in [0.4, 0.5) is 22.0 Å². The van der Waals surface area contributed by atoms with Crippen LogP contribution in [0.25, 0.3) is 0 Å². The third-order valence-corrected chi connectivity index (χ3v) is 7.74. The smallest absolute Gasteiger partial charge is 0.322 e. The van der Waals surface area contributed by atoms with Gasteiger partial charge >= 0.3 is 6.03 Å². The highest BCUT2D eigenvalue weighted by Gasteiger charge is 2.30. The number of benzene rings is 2. The number of fused-ring (bicyclic) bond motifs is 2. The number of amides is 2. The third kappa shape index (κ3) is 4.86. The minimum atomic E-state index is -0.0439. The Morgan fingerprint density at radius 1 is 1.05 bits per heavy atom. The predicted octanol–water partition coefficient (Wildman–Crippen LogP) is 5.64. The van der Waals surface area contributed by atoms with E-state index in [1.807, 2.05) is 48.2 Å². The number of urea groups is 1. The van der Waals surface area contributed by atoms with Crippen LogP contribution in [0.15, 0.2) is 47.7 Å². The first kappa shape index (κ1) is 24.5. The number of anilines is 2.